The minimum absolute atomic E-state index is 0.0110. The zero-order valence-corrected chi connectivity index (χ0v) is 17.3. The third kappa shape index (κ3) is 4.22. The summed E-state index contributed by atoms with van der Waals surface area (Å²) in [6.45, 7) is 2.97. The van der Waals surface area contributed by atoms with Crippen molar-refractivity contribution < 1.29 is 9.90 Å². The van der Waals surface area contributed by atoms with Crippen LogP contribution in [-0.4, -0.2) is 46.7 Å². The molecule has 0 spiro atoms. The van der Waals surface area contributed by atoms with E-state index in [0.29, 0.717) is 12.0 Å². The first-order valence-electron chi connectivity index (χ1n) is 10.8. The summed E-state index contributed by atoms with van der Waals surface area (Å²) in [5.41, 5.74) is 3.18. The maximum absolute atomic E-state index is 12.5. The number of carbonyl (C=O) groups excluding carboxylic acids is 1. The molecule has 7 nitrogen and oxygen atoms in total. The van der Waals surface area contributed by atoms with Crippen molar-refractivity contribution in [2.45, 2.75) is 25.7 Å². The van der Waals surface area contributed by atoms with Gasteiger partial charge in [-0.3, -0.25) is 4.79 Å². The molecule has 7 heteroatoms. The second-order valence-electron chi connectivity index (χ2n) is 8.16. The molecule has 158 valence electrons. The molecule has 0 bridgehead atoms. The SMILES string of the molecule is O=C(CCN1CCCCC1)Nc1ccc2[nH]c(O)c(C=c3ccc4c(c3)C=NN=4)c2c1. The number of carbonyl (C=O) groups is 1. The number of piperidine rings is 1. The second kappa shape index (κ2) is 8.35. The summed E-state index contributed by atoms with van der Waals surface area (Å²) in [4.78, 5) is 17.8. The smallest absolute Gasteiger partial charge is 0.225 e. The molecule has 2 aliphatic heterocycles. The Balaban J connectivity index is 1.37. The summed E-state index contributed by atoms with van der Waals surface area (Å²) in [6.07, 6.45) is 7.86. The average Bonchev–Trinajstić information content (AvgIpc) is 3.37. The Morgan fingerprint density at radius 1 is 1.16 bits per heavy atom. The van der Waals surface area contributed by atoms with Gasteiger partial charge < -0.3 is 20.3 Å². The van der Waals surface area contributed by atoms with Crippen LogP contribution in [0.15, 0.2) is 46.6 Å². The number of benzene rings is 2. The molecule has 5 rings (SSSR count). The van der Waals surface area contributed by atoms with E-state index in [1.165, 1.54) is 19.3 Å². The Kier molecular flexibility index (Phi) is 5.26. The van der Waals surface area contributed by atoms with Crippen LogP contribution in [0.4, 0.5) is 5.69 Å². The summed E-state index contributed by atoms with van der Waals surface area (Å²) in [5.74, 6) is 0.110. The third-order valence-corrected chi connectivity index (χ3v) is 5.93. The van der Waals surface area contributed by atoms with Gasteiger partial charge in [-0.1, -0.05) is 12.5 Å². The molecule has 2 aliphatic rings. The first-order valence-corrected chi connectivity index (χ1v) is 10.8. The minimum Gasteiger partial charge on any atom is -0.494 e. The molecule has 3 aromatic rings. The highest BCUT2D eigenvalue weighted by Crippen LogP contribution is 2.30. The van der Waals surface area contributed by atoms with Crippen molar-refractivity contribution in [1.82, 2.24) is 9.88 Å². The van der Waals surface area contributed by atoms with E-state index in [1.807, 2.05) is 42.5 Å². The summed E-state index contributed by atoms with van der Waals surface area (Å²) in [7, 11) is 0. The van der Waals surface area contributed by atoms with Gasteiger partial charge in [-0.05, 0) is 67.6 Å². The maximum Gasteiger partial charge on any atom is 0.225 e. The summed E-state index contributed by atoms with van der Waals surface area (Å²) >= 11 is 0. The van der Waals surface area contributed by atoms with Gasteiger partial charge in [-0.15, -0.1) is 0 Å². The van der Waals surface area contributed by atoms with E-state index < -0.39 is 0 Å². The van der Waals surface area contributed by atoms with Crippen molar-refractivity contribution in [3.8, 4) is 5.88 Å². The average molecular weight is 415 g/mol. The molecule has 0 aliphatic carbocycles. The molecular formula is C24H25N5O2. The Morgan fingerprint density at radius 3 is 2.90 bits per heavy atom. The van der Waals surface area contributed by atoms with E-state index in [9.17, 15) is 9.90 Å². The molecule has 0 radical (unpaired) electrons. The predicted octanol–water partition coefficient (Wildman–Crippen LogP) is 2.48. The van der Waals surface area contributed by atoms with E-state index in [2.05, 4.69) is 25.4 Å². The quantitative estimate of drug-likeness (QED) is 0.598. The van der Waals surface area contributed by atoms with Crippen molar-refractivity contribution >= 4 is 34.8 Å². The van der Waals surface area contributed by atoms with Gasteiger partial charge in [-0.2, -0.15) is 10.2 Å². The molecule has 1 amide bonds. The molecule has 1 saturated heterocycles. The lowest BCUT2D eigenvalue weighted by atomic mass is 10.1. The first kappa shape index (κ1) is 19.5. The van der Waals surface area contributed by atoms with E-state index in [4.69, 9.17) is 0 Å². The standard InChI is InChI=1S/C24H25N5O2/c30-23(8-11-29-9-2-1-3-10-29)26-18-5-7-22-19(14-18)20(24(31)27-22)13-16-4-6-21-17(12-16)15-25-28-21/h4-7,12-15,27,31H,1-3,8-11H2,(H,26,30). The lowest BCUT2D eigenvalue weighted by Gasteiger charge is -2.25. The highest BCUT2D eigenvalue weighted by Gasteiger charge is 2.13. The number of hydrogen-bond donors (Lipinski definition) is 3. The summed E-state index contributed by atoms with van der Waals surface area (Å²) in [6, 6.07) is 11.5. The van der Waals surface area contributed by atoms with Gasteiger partial charge in [0, 0.05) is 40.7 Å². The van der Waals surface area contributed by atoms with Gasteiger partial charge in [0.15, 0.2) is 5.88 Å². The maximum atomic E-state index is 12.5. The molecule has 0 atom stereocenters. The fourth-order valence-corrected chi connectivity index (χ4v) is 4.27. The number of nitrogens with one attached hydrogen (secondary N) is 2. The fraction of sp³-hybridized carbons (Fsp3) is 0.292. The van der Waals surface area contributed by atoms with Crippen molar-refractivity contribution in [2.24, 2.45) is 10.2 Å². The van der Waals surface area contributed by atoms with Crippen LogP contribution in [0.3, 0.4) is 0 Å². The Labute approximate surface area is 179 Å². The minimum atomic E-state index is 0.0110. The van der Waals surface area contributed by atoms with Gasteiger partial charge in [-0.25, -0.2) is 0 Å². The van der Waals surface area contributed by atoms with Gasteiger partial charge >= 0.3 is 0 Å². The van der Waals surface area contributed by atoms with E-state index in [-0.39, 0.29) is 11.8 Å². The monoisotopic (exact) mass is 415 g/mol. The molecular weight excluding hydrogens is 390 g/mol. The van der Waals surface area contributed by atoms with Crippen LogP contribution in [-0.2, 0) is 4.79 Å². The number of aromatic hydroxyl groups is 1. The summed E-state index contributed by atoms with van der Waals surface area (Å²) in [5, 5.41) is 24.1. The number of rotatable bonds is 5. The van der Waals surface area contributed by atoms with Gasteiger partial charge in [0.2, 0.25) is 5.91 Å². The van der Waals surface area contributed by atoms with Gasteiger partial charge in [0.1, 0.15) is 0 Å². The van der Waals surface area contributed by atoms with Crippen LogP contribution in [0, 0.1) is 0 Å². The number of aromatic amines is 1. The zero-order valence-electron chi connectivity index (χ0n) is 17.3. The number of likely N-dealkylation sites (tertiary alicyclic amines) is 1. The van der Waals surface area contributed by atoms with Crippen molar-refractivity contribution in [3.05, 3.63) is 58.1 Å². The van der Waals surface area contributed by atoms with Crippen LogP contribution < -0.4 is 15.9 Å². The van der Waals surface area contributed by atoms with E-state index >= 15 is 0 Å². The molecule has 2 aromatic carbocycles. The summed E-state index contributed by atoms with van der Waals surface area (Å²) < 4.78 is 0. The number of amides is 1. The zero-order chi connectivity index (χ0) is 21.2. The largest absolute Gasteiger partial charge is 0.494 e. The van der Waals surface area contributed by atoms with E-state index in [0.717, 1.165) is 52.4 Å². The van der Waals surface area contributed by atoms with Gasteiger partial charge in [0.05, 0.1) is 11.6 Å². The number of hydrogen-bond acceptors (Lipinski definition) is 5. The highest BCUT2D eigenvalue weighted by molar-refractivity contribution is 5.97. The fourth-order valence-electron chi connectivity index (χ4n) is 4.27. The first-order chi connectivity index (χ1) is 15.2. The molecule has 3 N–H and O–H groups in total. The van der Waals surface area contributed by atoms with Crippen molar-refractivity contribution in [1.29, 1.82) is 0 Å². The molecule has 1 aromatic heterocycles. The van der Waals surface area contributed by atoms with Crippen molar-refractivity contribution in [3.63, 3.8) is 0 Å². The number of H-pyrrole nitrogens is 1. The molecule has 3 heterocycles. The number of aromatic nitrogens is 1. The third-order valence-electron chi connectivity index (χ3n) is 5.93. The molecule has 1 fully saturated rings. The number of nitrogens with zero attached hydrogens (tertiary/aromatic N) is 3. The Bertz CT molecular complexity index is 1290. The Morgan fingerprint density at radius 2 is 2.03 bits per heavy atom. The predicted molar refractivity (Wildman–Crippen MR) is 122 cm³/mol. The molecule has 0 saturated carbocycles. The van der Waals surface area contributed by atoms with Crippen LogP contribution in [0.5, 0.6) is 5.88 Å². The number of fused-ring (bicyclic) bond motifs is 2. The van der Waals surface area contributed by atoms with Crippen LogP contribution in [0.25, 0.3) is 17.0 Å². The lowest BCUT2D eigenvalue weighted by Crippen LogP contribution is -2.32. The van der Waals surface area contributed by atoms with Crippen molar-refractivity contribution in [2.75, 3.05) is 25.0 Å². The lowest BCUT2D eigenvalue weighted by molar-refractivity contribution is -0.116. The molecule has 0 unspecified atom stereocenters. The van der Waals surface area contributed by atoms with Crippen LogP contribution >= 0.6 is 0 Å². The van der Waals surface area contributed by atoms with Crippen LogP contribution in [0.1, 0.15) is 36.8 Å². The number of anilines is 1. The second-order valence-corrected chi connectivity index (χ2v) is 8.16. The molecule has 31 heavy (non-hydrogen) atoms. The topological polar surface area (TPSA) is 93.1 Å². The highest BCUT2D eigenvalue weighted by atomic mass is 16.3. The van der Waals surface area contributed by atoms with E-state index in [1.54, 1.807) is 6.21 Å². The normalized spacial score (nSPS) is 16.5. The Hall–Kier alpha value is -3.45. The van der Waals surface area contributed by atoms with Gasteiger partial charge in [0.25, 0.3) is 0 Å². The van der Waals surface area contributed by atoms with Crippen LogP contribution in [0.2, 0.25) is 0 Å².